The number of carbonyl (C=O) groups is 1. The first-order chi connectivity index (χ1) is 9.63. The Hall–Kier alpha value is -1.75. The molecule has 1 aliphatic rings. The normalized spacial score (nSPS) is 22.1. The maximum absolute atomic E-state index is 12.4. The molecular formula is C15H22N2O3. The van der Waals surface area contributed by atoms with Crippen LogP contribution in [0.4, 0.5) is 0 Å². The molecule has 1 saturated heterocycles. The van der Waals surface area contributed by atoms with Crippen LogP contribution in [0.25, 0.3) is 0 Å². The molecule has 0 saturated carbocycles. The van der Waals surface area contributed by atoms with Crippen LogP contribution in [0.3, 0.4) is 0 Å². The van der Waals surface area contributed by atoms with E-state index in [2.05, 4.69) is 17.6 Å². The minimum Gasteiger partial charge on any atom is -0.497 e. The maximum atomic E-state index is 12.4. The van der Waals surface area contributed by atoms with Crippen LogP contribution in [0.1, 0.15) is 30.1 Å². The molecule has 110 valence electrons. The number of amides is 1. The number of ether oxygens (including phenoxy) is 2. The highest BCUT2D eigenvalue weighted by molar-refractivity contribution is 5.97. The summed E-state index contributed by atoms with van der Waals surface area (Å²) < 4.78 is 10.4. The van der Waals surface area contributed by atoms with Gasteiger partial charge in [-0.3, -0.25) is 4.79 Å². The molecule has 20 heavy (non-hydrogen) atoms. The Balaban J connectivity index is 2.11. The van der Waals surface area contributed by atoms with E-state index in [0.717, 1.165) is 19.4 Å². The van der Waals surface area contributed by atoms with E-state index >= 15 is 0 Å². The number of hydrogen-bond acceptors (Lipinski definition) is 4. The van der Waals surface area contributed by atoms with Crippen molar-refractivity contribution in [3.8, 4) is 11.5 Å². The average Bonchev–Trinajstić information content (AvgIpc) is 2.46. The van der Waals surface area contributed by atoms with Crippen LogP contribution >= 0.6 is 0 Å². The third-order valence-electron chi connectivity index (χ3n) is 3.61. The molecule has 2 unspecified atom stereocenters. The summed E-state index contributed by atoms with van der Waals surface area (Å²) in [5, 5.41) is 6.45. The van der Waals surface area contributed by atoms with Gasteiger partial charge in [0.1, 0.15) is 11.5 Å². The Bertz CT molecular complexity index is 476. The number of hydrogen-bond donors (Lipinski definition) is 2. The van der Waals surface area contributed by atoms with Gasteiger partial charge in [0.15, 0.2) is 0 Å². The molecule has 2 N–H and O–H groups in total. The van der Waals surface area contributed by atoms with E-state index in [1.54, 1.807) is 32.4 Å². The number of piperidine rings is 1. The molecule has 0 spiro atoms. The van der Waals surface area contributed by atoms with Crippen LogP contribution in [0.5, 0.6) is 11.5 Å². The van der Waals surface area contributed by atoms with Crippen molar-refractivity contribution < 1.29 is 14.3 Å². The first kappa shape index (κ1) is 14.7. The minimum absolute atomic E-state index is 0.111. The first-order valence-corrected chi connectivity index (χ1v) is 6.90. The molecule has 0 aromatic heterocycles. The Labute approximate surface area is 119 Å². The Morgan fingerprint density at radius 3 is 2.80 bits per heavy atom. The fourth-order valence-corrected chi connectivity index (χ4v) is 2.52. The Morgan fingerprint density at radius 2 is 2.15 bits per heavy atom. The summed E-state index contributed by atoms with van der Waals surface area (Å²) in [4.78, 5) is 12.4. The lowest BCUT2D eigenvalue weighted by molar-refractivity contribution is 0.0922. The lowest BCUT2D eigenvalue weighted by Crippen LogP contribution is -2.46. The number of rotatable bonds is 4. The summed E-state index contributed by atoms with van der Waals surface area (Å²) in [6.45, 7) is 3.06. The van der Waals surface area contributed by atoms with E-state index in [-0.39, 0.29) is 11.9 Å². The van der Waals surface area contributed by atoms with E-state index in [1.165, 1.54) is 0 Å². The van der Waals surface area contributed by atoms with Crippen molar-refractivity contribution in [2.24, 2.45) is 0 Å². The van der Waals surface area contributed by atoms with Gasteiger partial charge in [0.2, 0.25) is 0 Å². The zero-order chi connectivity index (χ0) is 14.5. The van der Waals surface area contributed by atoms with Gasteiger partial charge in [-0.2, -0.15) is 0 Å². The Kier molecular flexibility index (Phi) is 4.84. The predicted molar refractivity (Wildman–Crippen MR) is 77.5 cm³/mol. The second-order valence-electron chi connectivity index (χ2n) is 5.12. The molecule has 0 aliphatic carbocycles. The summed E-state index contributed by atoms with van der Waals surface area (Å²) in [6, 6.07) is 5.87. The molecule has 1 aromatic rings. The van der Waals surface area contributed by atoms with Crippen molar-refractivity contribution in [2.45, 2.75) is 31.8 Å². The maximum Gasteiger partial charge on any atom is 0.255 e. The lowest BCUT2D eigenvalue weighted by atomic mass is 10.00. The monoisotopic (exact) mass is 278 g/mol. The van der Waals surface area contributed by atoms with E-state index in [0.29, 0.717) is 23.1 Å². The molecule has 1 aliphatic heterocycles. The van der Waals surface area contributed by atoms with Gasteiger partial charge >= 0.3 is 0 Å². The van der Waals surface area contributed by atoms with Gasteiger partial charge < -0.3 is 20.1 Å². The summed E-state index contributed by atoms with van der Waals surface area (Å²) in [7, 11) is 3.14. The average molecular weight is 278 g/mol. The van der Waals surface area contributed by atoms with Gasteiger partial charge in [0.05, 0.1) is 19.8 Å². The lowest BCUT2D eigenvalue weighted by Gasteiger charge is -2.28. The minimum atomic E-state index is -0.111. The highest BCUT2D eigenvalue weighted by Gasteiger charge is 2.22. The smallest absolute Gasteiger partial charge is 0.255 e. The third-order valence-corrected chi connectivity index (χ3v) is 3.61. The van der Waals surface area contributed by atoms with Crippen molar-refractivity contribution in [1.29, 1.82) is 0 Å². The number of nitrogens with one attached hydrogen (secondary N) is 2. The zero-order valence-electron chi connectivity index (χ0n) is 12.2. The Morgan fingerprint density at radius 1 is 1.35 bits per heavy atom. The van der Waals surface area contributed by atoms with Gasteiger partial charge in [-0.05, 0) is 44.5 Å². The molecule has 2 atom stereocenters. The van der Waals surface area contributed by atoms with Gasteiger partial charge in [0.25, 0.3) is 5.91 Å². The van der Waals surface area contributed by atoms with Crippen molar-refractivity contribution in [3.63, 3.8) is 0 Å². The van der Waals surface area contributed by atoms with E-state index in [1.807, 2.05) is 0 Å². The van der Waals surface area contributed by atoms with Crippen LogP contribution in [0.2, 0.25) is 0 Å². The fourth-order valence-electron chi connectivity index (χ4n) is 2.52. The van der Waals surface area contributed by atoms with Crippen molar-refractivity contribution in [3.05, 3.63) is 23.8 Å². The number of carbonyl (C=O) groups excluding carboxylic acids is 1. The van der Waals surface area contributed by atoms with E-state index in [4.69, 9.17) is 9.47 Å². The number of benzene rings is 1. The standard InChI is InChI=1S/C15H22N2O3/c1-10-8-11(6-7-16-10)17-15(18)13-9-12(19-2)4-5-14(13)20-3/h4-5,9-11,16H,6-8H2,1-3H3,(H,17,18). The summed E-state index contributed by atoms with van der Waals surface area (Å²) in [5.74, 6) is 1.10. The predicted octanol–water partition coefficient (Wildman–Crippen LogP) is 1.57. The quantitative estimate of drug-likeness (QED) is 0.878. The van der Waals surface area contributed by atoms with Crippen LogP contribution in [-0.4, -0.2) is 38.8 Å². The highest BCUT2D eigenvalue weighted by Crippen LogP contribution is 2.24. The first-order valence-electron chi connectivity index (χ1n) is 6.90. The van der Waals surface area contributed by atoms with E-state index in [9.17, 15) is 4.79 Å². The third kappa shape index (κ3) is 3.42. The SMILES string of the molecule is COc1ccc(OC)c(C(=O)NC2CCNC(C)C2)c1. The molecule has 1 amide bonds. The van der Waals surface area contributed by atoms with Crippen LogP contribution in [-0.2, 0) is 0 Å². The van der Waals surface area contributed by atoms with Crippen LogP contribution in [0, 0.1) is 0 Å². The van der Waals surface area contributed by atoms with Crippen molar-refractivity contribution >= 4 is 5.91 Å². The fraction of sp³-hybridized carbons (Fsp3) is 0.533. The second-order valence-corrected chi connectivity index (χ2v) is 5.12. The number of methoxy groups -OCH3 is 2. The van der Waals surface area contributed by atoms with Gasteiger partial charge in [-0.1, -0.05) is 0 Å². The summed E-state index contributed by atoms with van der Waals surface area (Å²) in [6.07, 6.45) is 1.89. The topological polar surface area (TPSA) is 59.6 Å². The van der Waals surface area contributed by atoms with Crippen LogP contribution < -0.4 is 20.1 Å². The summed E-state index contributed by atoms with van der Waals surface area (Å²) in [5.41, 5.74) is 0.512. The van der Waals surface area contributed by atoms with Crippen molar-refractivity contribution in [2.75, 3.05) is 20.8 Å². The summed E-state index contributed by atoms with van der Waals surface area (Å²) >= 11 is 0. The van der Waals surface area contributed by atoms with Gasteiger partial charge in [-0.25, -0.2) is 0 Å². The largest absolute Gasteiger partial charge is 0.497 e. The van der Waals surface area contributed by atoms with Gasteiger partial charge in [-0.15, -0.1) is 0 Å². The highest BCUT2D eigenvalue weighted by atomic mass is 16.5. The molecule has 0 radical (unpaired) electrons. The molecule has 1 heterocycles. The van der Waals surface area contributed by atoms with Crippen LogP contribution in [0.15, 0.2) is 18.2 Å². The molecule has 0 bridgehead atoms. The second kappa shape index (κ2) is 6.61. The molecule has 1 aromatic carbocycles. The van der Waals surface area contributed by atoms with E-state index < -0.39 is 0 Å². The van der Waals surface area contributed by atoms with Crippen molar-refractivity contribution in [1.82, 2.24) is 10.6 Å². The molecular weight excluding hydrogens is 256 g/mol. The molecule has 5 nitrogen and oxygen atoms in total. The van der Waals surface area contributed by atoms with Gasteiger partial charge in [0, 0.05) is 12.1 Å². The molecule has 2 rings (SSSR count). The zero-order valence-corrected chi connectivity index (χ0v) is 12.2. The molecule has 5 heteroatoms. The molecule has 1 fully saturated rings.